The van der Waals surface area contributed by atoms with Gasteiger partial charge in [-0.1, -0.05) is 18.2 Å². The van der Waals surface area contributed by atoms with E-state index >= 15 is 0 Å². The van der Waals surface area contributed by atoms with Gasteiger partial charge < -0.3 is 14.8 Å². The molecular formula is C14H17NO4. The lowest BCUT2D eigenvalue weighted by Crippen LogP contribution is -2.24. The third kappa shape index (κ3) is 5.25. The Bertz CT molecular complexity index is 468. The van der Waals surface area contributed by atoms with E-state index in [2.05, 4.69) is 10.1 Å². The highest BCUT2D eigenvalue weighted by molar-refractivity contribution is 5.92. The summed E-state index contributed by atoms with van der Waals surface area (Å²) >= 11 is 0. The smallest absolute Gasteiger partial charge is 0.307 e. The number of hydrogen-bond acceptors (Lipinski definition) is 4. The van der Waals surface area contributed by atoms with E-state index in [9.17, 15) is 9.59 Å². The second kappa shape index (κ2) is 7.92. The monoisotopic (exact) mass is 263 g/mol. The van der Waals surface area contributed by atoms with E-state index in [-0.39, 0.29) is 24.8 Å². The molecular weight excluding hydrogens is 246 g/mol. The van der Waals surface area contributed by atoms with Crippen LogP contribution < -0.4 is 10.1 Å². The van der Waals surface area contributed by atoms with E-state index in [0.717, 1.165) is 5.56 Å². The largest absolute Gasteiger partial charge is 0.496 e. The van der Waals surface area contributed by atoms with Gasteiger partial charge in [0.1, 0.15) is 5.75 Å². The molecule has 1 aromatic carbocycles. The third-order valence-corrected chi connectivity index (χ3v) is 2.41. The Labute approximate surface area is 112 Å². The van der Waals surface area contributed by atoms with Crippen molar-refractivity contribution in [3.05, 3.63) is 35.9 Å². The SMILES string of the molecule is COC(=O)CCNC(=O)C=Cc1ccccc1OC. The average molecular weight is 263 g/mol. The first-order chi connectivity index (χ1) is 9.17. The molecule has 1 N–H and O–H groups in total. The second-order valence-electron chi connectivity index (χ2n) is 3.69. The molecule has 0 fully saturated rings. The normalized spacial score (nSPS) is 10.2. The number of carbonyl (C=O) groups excluding carboxylic acids is 2. The number of para-hydroxylation sites is 1. The topological polar surface area (TPSA) is 64.6 Å². The average Bonchev–Trinajstić information content (AvgIpc) is 2.45. The van der Waals surface area contributed by atoms with E-state index in [0.29, 0.717) is 5.75 Å². The molecule has 0 aromatic heterocycles. The molecule has 1 aromatic rings. The molecule has 1 amide bonds. The van der Waals surface area contributed by atoms with Crippen molar-refractivity contribution in [2.75, 3.05) is 20.8 Å². The van der Waals surface area contributed by atoms with Crippen LogP contribution in [-0.2, 0) is 14.3 Å². The van der Waals surface area contributed by atoms with Gasteiger partial charge in [-0.2, -0.15) is 0 Å². The first kappa shape index (κ1) is 14.8. The maximum atomic E-state index is 11.5. The molecule has 0 heterocycles. The summed E-state index contributed by atoms with van der Waals surface area (Å²) in [4.78, 5) is 22.3. The van der Waals surface area contributed by atoms with E-state index < -0.39 is 0 Å². The van der Waals surface area contributed by atoms with Crippen LogP contribution >= 0.6 is 0 Å². The summed E-state index contributed by atoms with van der Waals surface area (Å²) in [5.74, 6) is 0.0740. The van der Waals surface area contributed by atoms with E-state index in [1.54, 1.807) is 13.2 Å². The molecule has 0 unspecified atom stereocenters. The number of benzene rings is 1. The van der Waals surface area contributed by atoms with Crippen molar-refractivity contribution in [1.82, 2.24) is 5.32 Å². The zero-order chi connectivity index (χ0) is 14.1. The highest BCUT2D eigenvalue weighted by Crippen LogP contribution is 2.18. The minimum atomic E-state index is -0.353. The van der Waals surface area contributed by atoms with Gasteiger partial charge in [0.2, 0.25) is 5.91 Å². The van der Waals surface area contributed by atoms with E-state index in [4.69, 9.17) is 4.74 Å². The van der Waals surface area contributed by atoms with Gasteiger partial charge in [-0.15, -0.1) is 0 Å². The van der Waals surface area contributed by atoms with Crippen molar-refractivity contribution in [3.8, 4) is 5.75 Å². The number of carbonyl (C=O) groups is 2. The highest BCUT2D eigenvalue weighted by Gasteiger charge is 2.02. The van der Waals surface area contributed by atoms with Crippen LogP contribution in [0.3, 0.4) is 0 Å². The fraction of sp³-hybridized carbons (Fsp3) is 0.286. The molecule has 19 heavy (non-hydrogen) atoms. The number of amides is 1. The maximum absolute atomic E-state index is 11.5. The van der Waals surface area contributed by atoms with Crippen LogP contribution in [-0.4, -0.2) is 32.6 Å². The molecule has 0 radical (unpaired) electrons. The highest BCUT2D eigenvalue weighted by atomic mass is 16.5. The molecule has 0 aliphatic heterocycles. The Balaban J connectivity index is 2.47. The zero-order valence-electron chi connectivity index (χ0n) is 11.0. The van der Waals surface area contributed by atoms with Gasteiger partial charge in [-0.05, 0) is 12.1 Å². The molecule has 0 bridgehead atoms. The number of rotatable bonds is 6. The quantitative estimate of drug-likeness (QED) is 0.622. The number of esters is 1. The van der Waals surface area contributed by atoms with E-state index in [1.165, 1.54) is 13.2 Å². The molecule has 0 saturated heterocycles. The minimum Gasteiger partial charge on any atom is -0.496 e. The van der Waals surface area contributed by atoms with Gasteiger partial charge in [0, 0.05) is 18.2 Å². The van der Waals surface area contributed by atoms with Gasteiger partial charge >= 0.3 is 5.97 Å². The summed E-state index contributed by atoms with van der Waals surface area (Å²) in [6, 6.07) is 7.37. The van der Waals surface area contributed by atoms with Gasteiger partial charge in [-0.3, -0.25) is 9.59 Å². The van der Waals surface area contributed by atoms with Crippen molar-refractivity contribution in [1.29, 1.82) is 0 Å². The van der Waals surface area contributed by atoms with Crippen LogP contribution in [0.25, 0.3) is 6.08 Å². The summed E-state index contributed by atoms with van der Waals surface area (Å²) in [5, 5.41) is 2.59. The number of methoxy groups -OCH3 is 2. The molecule has 0 atom stereocenters. The van der Waals surface area contributed by atoms with Crippen molar-refractivity contribution >= 4 is 18.0 Å². The lowest BCUT2D eigenvalue weighted by atomic mass is 10.2. The summed E-state index contributed by atoms with van der Waals surface area (Å²) in [6.07, 6.45) is 3.21. The molecule has 0 aliphatic carbocycles. The first-order valence-electron chi connectivity index (χ1n) is 5.83. The molecule has 5 nitrogen and oxygen atoms in total. The van der Waals surface area contributed by atoms with Crippen LogP contribution in [0.15, 0.2) is 30.3 Å². The molecule has 0 aliphatic rings. The molecule has 102 valence electrons. The first-order valence-corrected chi connectivity index (χ1v) is 5.83. The second-order valence-corrected chi connectivity index (χ2v) is 3.69. The molecule has 5 heteroatoms. The predicted octanol–water partition coefficient (Wildman–Crippen LogP) is 1.39. The van der Waals surface area contributed by atoms with Gasteiger partial charge in [0.15, 0.2) is 0 Å². The Hall–Kier alpha value is -2.30. The Morgan fingerprint density at radius 3 is 2.68 bits per heavy atom. The van der Waals surface area contributed by atoms with Crippen LogP contribution in [0.5, 0.6) is 5.75 Å². The van der Waals surface area contributed by atoms with Crippen molar-refractivity contribution in [2.45, 2.75) is 6.42 Å². The predicted molar refractivity (Wildman–Crippen MR) is 71.7 cm³/mol. The maximum Gasteiger partial charge on any atom is 0.307 e. The van der Waals surface area contributed by atoms with Crippen molar-refractivity contribution < 1.29 is 19.1 Å². The summed E-state index contributed by atoms with van der Waals surface area (Å²) in [7, 11) is 2.88. The summed E-state index contributed by atoms with van der Waals surface area (Å²) in [5.41, 5.74) is 0.813. The number of nitrogens with one attached hydrogen (secondary N) is 1. The minimum absolute atomic E-state index is 0.157. The van der Waals surface area contributed by atoms with Crippen LogP contribution in [0.2, 0.25) is 0 Å². The third-order valence-electron chi connectivity index (χ3n) is 2.41. The lowest BCUT2D eigenvalue weighted by molar-refractivity contribution is -0.140. The number of hydrogen-bond donors (Lipinski definition) is 1. The summed E-state index contributed by atoms with van der Waals surface area (Å²) < 4.78 is 9.63. The lowest BCUT2D eigenvalue weighted by Gasteiger charge is -2.03. The molecule has 1 rings (SSSR count). The van der Waals surface area contributed by atoms with Gasteiger partial charge in [0.05, 0.1) is 20.6 Å². The van der Waals surface area contributed by atoms with Gasteiger partial charge in [0.25, 0.3) is 0 Å². The summed E-state index contributed by atoms with van der Waals surface area (Å²) in [6.45, 7) is 0.252. The Morgan fingerprint density at radius 2 is 2.00 bits per heavy atom. The Morgan fingerprint density at radius 1 is 1.26 bits per heavy atom. The van der Waals surface area contributed by atoms with Crippen LogP contribution in [0.4, 0.5) is 0 Å². The number of ether oxygens (including phenoxy) is 2. The van der Waals surface area contributed by atoms with E-state index in [1.807, 2.05) is 24.3 Å². The van der Waals surface area contributed by atoms with Crippen LogP contribution in [0.1, 0.15) is 12.0 Å². The zero-order valence-corrected chi connectivity index (χ0v) is 11.0. The fourth-order valence-corrected chi connectivity index (χ4v) is 1.42. The molecule has 0 saturated carbocycles. The van der Waals surface area contributed by atoms with Crippen molar-refractivity contribution in [2.24, 2.45) is 0 Å². The van der Waals surface area contributed by atoms with Crippen molar-refractivity contribution in [3.63, 3.8) is 0 Å². The standard InChI is InChI=1S/C14H17NO4/c1-18-12-6-4-3-5-11(12)7-8-13(16)15-10-9-14(17)19-2/h3-8H,9-10H2,1-2H3,(H,15,16). The van der Waals surface area contributed by atoms with Crippen LogP contribution in [0, 0.1) is 0 Å². The van der Waals surface area contributed by atoms with Gasteiger partial charge in [-0.25, -0.2) is 0 Å². The fourth-order valence-electron chi connectivity index (χ4n) is 1.42. The molecule has 0 spiro atoms. The Kier molecular flexibility index (Phi) is 6.15.